The van der Waals surface area contributed by atoms with Crippen LogP contribution in [0.25, 0.3) is 0 Å². The van der Waals surface area contributed by atoms with E-state index in [1.807, 2.05) is 24.8 Å². The minimum atomic E-state index is -0.0344. The van der Waals surface area contributed by atoms with Gasteiger partial charge in [-0.1, -0.05) is 26.7 Å². The molecule has 0 saturated heterocycles. The third kappa shape index (κ3) is 3.48. The zero-order chi connectivity index (χ0) is 18.0. The average molecular weight is 345 g/mol. The molecule has 1 aromatic heterocycles. The molecule has 6 heteroatoms. The van der Waals surface area contributed by atoms with Crippen molar-refractivity contribution in [2.45, 2.75) is 65.1 Å². The molecule has 0 bridgehead atoms. The largest absolute Gasteiger partial charge is 0.481 e. The normalized spacial score (nSPS) is 18.4. The van der Waals surface area contributed by atoms with Gasteiger partial charge in [-0.05, 0) is 25.3 Å². The molecule has 6 nitrogen and oxygen atoms in total. The maximum absolute atomic E-state index is 12.8. The molecule has 0 radical (unpaired) electrons. The molecule has 2 amide bonds. The Morgan fingerprint density at radius 2 is 2.16 bits per heavy atom. The summed E-state index contributed by atoms with van der Waals surface area (Å²) in [5.74, 6) is 0.521. The standard InChI is InChI=1S/C19H27N3O3/c1-4-12(2)17(23)20-10-13-9-15-16(21-18(13)25-3)11-22(19(15)24)14-7-5-6-8-14/h9,12,14H,4-8,10-11H2,1-3H3,(H,20,23)/t12-/m1/s1. The van der Waals surface area contributed by atoms with E-state index in [1.165, 1.54) is 12.8 Å². The number of nitrogens with one attached hydrogen (secondary N) is 1. The maximum atomic E-state index is 12.8. The lowest BCUT2D eigenvalue weighted by Crippen LogP contribution is -2.33. The number of pyridine rings is 1. The van der Waals surface area contributed by atoms with E-state index in [0.717, 1.165) is 30.5 Å². The van der Waals surface area contributed by atoms with Crippen molar-refractivity contribution in [3.8, 4) is 5.88 Å². The molecule has 1 saturated carbocycles. The lowest BCUT2D eigenvalue weighted by Gasteiger charge is -2.22. The van der Waals surface area contributed by atoms with Crippen molar-refractivity contribution in [1.82, 2.24) is 15.2 Å². The average Bonchev–Trinajstić information content (AvgIpc) is 3.26. The zero-order valence-corrected chi connectivity index (χ0v) is 15.3. The van der Waals surface area contributed by atoms with Gasteiger partial charge in [0.05, 0.1) is 24.9 Å². The monoisotopic (exact) mass is 345 g/mol. The summed E-state index contributed by atoms with van der Waals surface area (Å²) in [6.07, 6.45) is 5.33. The fourth-order valence-electron chi connectivity index (χ4n) is 3.62. The van der Waals surface area contributed by atoms with Crippen LogP contribution in [0.2, 0.25) is 0 Å². The number of hydrogen-bond acceptors (Lipinski definition) is 4. The molecule has 1 aromatic rings. The fraction of sp³-hybridized carbons (Fsp3) is 0.632. The van der Waals surface area contributed by atoms with Crippen molar-refractivity contribution < 1.29 is 14.3 Å². The van der Waals surface area contributed by atoms with Crippen molar-refractivity contribution in [2.75, 3.05) is 7.11 Å². The van der Waals surface area contributed by atoms with Crippen LogP contribution in [-0.2, 0) is 17.9 Å². The molecule has 1 aliphatic heterocycles. The van der Waals surface area contributed by atoms with Crippen LogP contribution in [0.1, 0.15) is 67.6 Å². The molecular formula is C19H27N3O3. The van der Waals surface area contributed by atoms with Crippen LogP contribution >= 0.6 is 0 Å². The summed E-state index contributed by atoms with van der Waals surface area (Å²) in [5, 5.41) is 2.91. The Morgan fingerprint density at radius 3 is 2.80 bits per heavy atom. The number of carbonyl (C=O) groups is 2. The van der Waals surface area contributed by atoms with Gasteiger partial charge in [-0.3, -0.25) is 9.59 Å². The van der Waals surface area contributed by atoms with E-state index in [1.54, 1.807) is 7.11 Å². The first-order valence-electron chi connectivity index (χ1n) is 9.20. The lowest BCUT2D eigenvalue weighted by molar-refractivity contribution is -0.124. The van der Waals surface area contributed by atoms with Gasteiger partial charge >= 0.3 is 0 Å². The lowest BCUT2D eigenvalue weighted by atomic mass is 10.1. The molecule has 2 aliphatic rings. The predicted molar refractivity (Wildman–Crippen MR) is 94.2 cm³/mol. The summed E-state index contributed by atoms with van der Waals surface area (Å²) < 4.78 is 5.39. The van der Waals surface area contributed by atoms with E-state index in [4.69, 9.17) is 4.74 Å². The quantitative estimate of drug-likeness (QED) is 0.860. The molecule has 1 N–H and O–H groups in total. The van der Waals surface area contributed by atoms with Crippen LogP contribution in [0.5, 0.6) is 5.88 Å². The molecular weight excluding hydrogens is 318 g/mol. The van der Waals surface area contributed by atoms with Crippen molar-refractivity contribution in [3.63, 3.8) is 0 Å². The fourth-order valence-corrected chi connectivity index (χ4v) is 3.62. The van der Waals surface area contributed by atoms with E-state index in [0.29, 0.717) is 30.6 Å². The second-order valence-electron chi connectivity index (χ2n) is 7.05. The topological polar surface area (TPSA) is 71.5 Å². The van der Waals surface area contributed by atoms with Crippen LogP contribution in [0.3, 0.4) is 0 Å². The van der Waals surface area contributed by atoms with Gasteiger partial charge in [0, 0.05) is 24.1 Å². The van der Waals surface area contributed by atoms with E-state index < -0.39 is 0 Å². The van der Waals surface area contributed by atoms with E-state index in [2.05, 4.69) is 10.3 Å². The first kappa shape index (κ1) is 17.7. The van der Waals surface area contributed by atoms with E-state index >= 15 is 0 Å². The third-order valence-corrected chi connectivity index (χ3v) is 5.42. The summed E-state index contributed by atoms with van der Waals surface area (Å²) in [4.78, 5) is 31.3. The Hall–Kier alpha value is -2.11. The highest BCUT2D eigenvalue weighted by Gasteiger charge is 2.35. The van der Waals surface area contributed by atoms with Gasteiger partial charge in [0.15, 0.2) is 0 Å². The molecule has 0 aromatic carbocycles. The molecule has 25 heavy (non-hydrogen) atoms. The number of rotatable bonds is 6. The molecule has 0 unspecified atom stereocenters. The van der Waals surface area contributed by atoms with Gasteiger partial charge in [0.25, 0.3) is 5.91 Å². The second-order valence-corrected chi connectivity index (χ2v) is 7.05. The Labute approximate surface area is 148 Å². The number of methoxy groups -OCH3 is 1. The number of fused-ring (bicyclic) bond motifs is 1. The Bertz CT molecular complexity index is 668. The van der Waals surface area contributed by atoms with Crippen LogP contribution < -0.4 is 10.1 Å². The Kier molecular flexibility index (Phi) is 5.25. The van der Waals surface area contributed by atoms with E-state index in [9.17, 15) is 9.59 Å². The molecule has 0 spiro atoms. The van der Waals surface area contributed by atoms with Crippen molar-refractivity contribution in [1.29, 1.82) is 0 Å². The second kappa shape index (κ2) is 7.42. The summed E-state index contributed by atoms with van der Waals surface area (Å²) in [6.45, 7) is 4.77. The number of carbonyl (C=O) groups excluding carboxylic acids is 2. The van der Waals surface area contributed by atoms with Gasteiger partial charge in [0.2, 0.25) is 11.8 Å². The molecule has 3 rings (SSSR count). The summed E-state index contributed by atoms with van der Waals surface area (Å²) in [7, 11) is 1.57. The van der Waals surface area contributed by atoms with Crippen LogP contribution in [-0.4, -0.2) is 34.8 Å². The first-order chi connectivity index (χ1) is 12.0. The van der Waals surface area contributed by atoms with Crippen LogP contribution in [0.15, 0.2) is 6.07 Å². The molecule has 1 atom stereocenters. The highest BCUT2D eigenvalue weighted by atomic mass is 16.5. The smallest absolute Gasteiger partial charge is 0.256 e. The minimum Gasteiger partial charge on any atom is -0.481 e. The van der Waals surface area contributed by atoms with Crippen molar-refractivity contribution in [3.05, 3.63) is 22.9 Å². The number of aromatic nitrogens is 1. The van der Waals surface area contributed by atoms with Gasteiger partial charge < -0.3 is 15.0 Å². The summed E-state index contributed by atoms with van der Waals surface area (Å²) in [5.41, 5.74) is 2.19. The SMILES string of the molecule is CC[C@@H](C)C(=O)NCc1cc2c(nc1OC)CN(C1CCCC1)C2=O. The first-order valence-corrected chi connectivity index (χ1v) is 9.20. The van der Waals surface area contributed by atoms with Crippen molar-refractivity contribution in [2.24, 2.45) is 5.92 Å². The third-order valence-electron chi connectivity index (χ3n) is 5.42. The van der Waals surface area contributed by atoms with Gasteiger partial charge in [-0.2, -0.15) is 0 Å². The minimum absolute atomic E-state index is 0.00367. The molecule has 136 valence electrons. The molecule has 1 fully saturated rings. The maximum Gasteiger partial charge on any atom is 0.256 e. The molecule has 1 aliphatic carbocycles. The van der Waals surface area contributed by atoms with Crippen LogP contribution in [0.4, 0.5) is 0 Å². The highest BCUT2D eigenvalue weighted by molar-refractivity contribution is 5.98. The highest BCUT2D eigenvalue weighted by Crippen LogP contribution is 2.33. The van der Waals surface area contributed by atoms with Gasteiger partial charge in [-0.15, -0.1) is 0 Å². The van der Waals surface area contributed by atoms with E-state index in [-0.39, 0.29) is 17.7 Å². The Balaban J connectivity index is 1.78. The predicted octanol–water partition coefficient (Wildman–Crippen LogP) is 2.65. The molecule has 2 heterocycles. The van der Waals surface area contributed by atoms with Gasteiger partial charge in [-0.25, -0.2) is 4.98 Å². The van der Waals surface area contributed by atoms with Crippen LogP contribution in [0, 0.1) is 5.92 Å². The zero-order valence-electron chi connectivity index (χ0n) is 15.3. The number of nitrogens with zero attached hydrogens (tertiary/aromatic N) is 2. The van der Waals surface area contributed by atoms with Crippen molar-refractivity contribution >= 4 is 11.8 Å². The summed E-state index contributed by atoms with van der Waals surface area (Å²) >= 11 is 0. The number of amides is 2. The van der Waals surface area contributed by atoms with Gasteiger partial charge in [0.1, 0.15) is 0 Å². The number of hydrogen-bond donors (Lipinski definition) is 1. The number of ether oxygens (including phenoxy) is 1. The summed E-state index contributed by atoms with van der Waals surface area (Å²) in [6, 6.07) is 2.18. The Morgan fingerprint density at radius 1 is 1.44 bits per heavy atom.